The molecule has 0 bridgehead atoms. The van der Waals surface area contributed by atoms with Gasteiger partial charge in [0.1, 0.15) is 5.75 Å². The smallest absolute Gasteiger partial charge is 0.223 e. The number of aryl methyl sites for hydroxylation is 2. The number of amides is 1. The Morgan fingerprint density at radius 1 is 1.30 bits per heavy atom. The predicted molar refractivity (Wildman–Crippen MR) is 80.0 cm³/mol. The first kappa shape index (κ1) is 14.9. The maximum atomic E-state index is 11.2. The Kier molecular flexibility index (Phi) is 5.01. The number of ether oxygens (including phenoxy) is 1. The lowest BCUT2D eigenvalue weighted by Gasteiger charge is -2.14. The number of hydrogen-bond acceptors (Lipinski definition) is 3. The van der Waals surface area contributed by atoms with Gasteiger partial charge < -0.3 is 15.4 Å². The van der Waals surface area contributed by atoms with Gasteiger partial charge in [0, 0.05) is 19.6 Å². The third-order valence-corrected chi connectivity index (χ3v) is 3.55. The molecule has 0 heterocycles. The van der Waals surface area contributed by atoms with Crippen LogP contribution in [0.15, 0.2) is 12.1 Å². The molecule has 1 saturated carbocycles. The van der Waals surface area contributed by atoms with E-state index in [1.54, 1.807) is 7.05 Å². The van der Waals surface area contributed by atoms with E-state index in [2.05, 4.69) is 36.6 Å². The topological polar surface area (TPSA) is 50.4 Å². The third kappa shape index (κ3) is 4.23. The molecule has 2 N–H and O–H groups in total. The van der Waals surface area contributed by atoms with Crippen LogP contribution in [0.4, 0.5) is 0 Å². The summed E-state index contributed by atoms with van der Waals surface area (Å²) in [5.74, 6) is 0.912. The molecule has 20 heavy (non-hydrogen) atoms. The molecule has 0 aromatic heterocycles. The van der Waals surface area contributed by atoms with Gasteiger partial charge in [-0.2, -0.15) is 0 Å². The van der Waals surface area contributed by atoms with E-state index in [0.29, 0.717) is 13.0 Å². The van der Waals surface area contributed by atoms with Crippen molar-refractivity contribution in [1.29, 1.82) is 0 Å². The van der Waals surface area contributed by atoms with Gasteiger partial charge in [-0.1, -0.05) is 12.1 Å². The summed E-state index contributed by atoms with van der Waals surface area (Å²) >= 11 is 0. The Morgan fingerprint density at radius 3 is 2.50 bits per heavy atom. The van der Waals surface area contributed by atoms with Crippen LogP contribution in [0.5, 0.6) is 5.75 Å². The Balaban J connectivity index is 1.92. The summed E-state index contributed by atoms with van der Waals surface area (Å²) in [6.07, 6.45) is 3.00. The molecule has 4 nitrogen and oxygen atoms in total. The largest absolute Gasteiger partial charge is 0.493 e. The average molecular weight is 276 g/mol. The van der Waals surface area contributed by atoms with Crippen LogP contribution in [-0.2, 0) is 11.3 Å². The maximum absolute atomic E-state index is 11.2. The molecule has 1 aliphatic carbocycles. The van der Waals surface area contributed by atoms with E-state index in [4.69, 9.17) is 4.74 Å². The van der Waals surface area contributed by atoms with Gasteiger partial charge in [0.15, 0.2) is 0 Å². The monoisotopic (exact) mass is 276 g/mol. The zero-order valence-corrected chi connectivity index (χ0v) is 12.6. The molecule has 0 atom stereocenters. The van der Waals surface area contributed by atoms with Crippen molar-refractivity contribution in [2.24, 2.45) is 0 Å². The van der Waals surface area contributed by atoms with Gasteiger partial charge in [-0.05, 0) is 43.4 Å². The lowest BCUT2D eigenvalue weighted by atomic mass is 10.1. The molecule has 1 aromatic carbocycles. The van der Waals surface area contributed by atoms with E-state index >= 15 is 0 Å². The van der Waals surface area contributed by atoms with Gasteiger partial charge in [0.05, 0.1) is 13.0 Å². The second-order valence-corrected chi connectivity index (χ2v) is 5.49. The van der Waals surface area contributed by atoms with Crippen molar-refractivity contribution >= 4 is 5.91 Å². The van der Waals surface area contributed by atoms with Crippen molar-refractivity contribution in [2.45, 2.75) is 45.7 Å². The minimum Gasteiger partial charge on any atom is -0.493 e. The van der Waals surface area contributed by atoms with Crippen molar-refractivity contribution in [3.8, 4) is 5.75 Å². The summed E-state index contributed by atoms with van der Waals surface area (Å²) in [7, 11) is 1.64. The number of carbonyl (C=O) groups is 1. The molecule has 0 unspecified atom stereocenters. The quantitative estimate of drug-likeness (QED) is 0.801. The lowest BCUT2D eigenvalue weighted by molar-refractivity contribution is -0.121. The molecule has 1 aliphatic rings. The fraction of sp³-hybridized carbons (Fsp3) is 0.562. The molecule has 0 radical (unpaired) electrons. The van der Waals surface area contributed by atoms with Gasteiger partial charge in [-0.25, -0.2) is 0 Å². The number of hydrogen-bond donors (Lipinski definition) is 2. The molecule has 1 fully saturated rings. The van der Waals surface area contributed by atoms with Crippen LogP contribution in [0.1, 0.15) is 36.0 Å². The first-order valence-electron chi connectivity index (χ1n) is 7.27. The van der Waals surface area contributed by atoms with E-state index in [1.165, 1.54) is 18.4 Å². The standard InChI is InChI=1S/C16H24N2O2/c1-11-8-13(10-18-14-4-5-14)9-12(2)16(11)20-7-6-15(19)17-3/h8-9,14,18H,4-7,10H2,1-3H3,(H,17,19). The second kappa shape index (κ2) is 6.75. The second-order valence-electron chi connectivity index (χ2n) is 5.49. The molecule has 0 aliphatic heterocycles. The summed E-state index contributed by atoms with van der Waals surface area (Å²) in [5.41, 5.74) is 3.56. The number of nitrogens with one attached hydrogen (secondary N) is 2. The molecular weight excluding hydrogens is 252 g/mol. The van der Waals surface area contributed by atoms with Crippen LogP contribution < -0.4 is 15.4 Å². The summed E-state index contributed by atoms with van der Waals surface area (Å²) in [5, 5.41) is 6.11. The maximum Gasteiger partial charge on any atom is 0.223 e. The number of benzene rings is 1. The zero-order chi connectivity index (χ0) is 14.5. The molecule has 110 valence electrons. The van der Waals surface area contributed by atoms with Crippen molar-refractivity contribution in [2.75, 3.05) is 13.7 Å². The van der Waals surface area contributed by atoms with Crippen molar-refractivity contribution in [3.05, 3.63) is 28.8 Å². The Hall–Kier alpha value is -1.55. The van der Waals surface area contributed by atoms with Crippen LogP contribution in [0.3, 0.4) is 0 Å². The first-order chi connectivity index (χ1) is 9.60. The van der Waals surface area contributed by atoms with Crippen molar-refractivity contribution in [3.63, 3.8) is 0 Å². The average Bonchev–Trinajstić information content (AvgIpc) is 3.23. The molecule has 1 aromatic rings. The highest BCUT2D eigenvalue weighted by molar-refractivity contribution is 5.75. The lowest BCUT2D eigenvalue weighted by Crippen LogP contribution is -2.20. The third-order valence-electron chi connectivity index (χ3n) is 3.55. The van der Waals surface area contributed by atoms with Crippen molar-refractivity contribution < 1.29 is 9.53 Å². The zero-order valence-electron chi connectivity index (χ0n) is 12.6. The molecule has 1 amide bonds. The molecule has 2 rings (SSSR count). The molecular formula is C16H24N2O2. The van der Waals surface area contributed by atoms with Crippen LogP contribution in [0.25, 0.3) is 0 Å². The molecule has 4 heteroatoms. The molecule has 0 spiro atoms. The van der Waals surface area contributed by atoms with E-state index < -0.39 is 0 Å². The van der Waals surface area contributed by atoms with Crippen LogP contribution in [0, 0.1) is 13.8 Å². The first-order valence-corrected chi connectivity index (χ1v) is 7.27. The normalized spacial score (nSPS) is 14.2. The van der Waals surface area contributed by atoms with Gasteiger partial charge in [-0.15, -0.1) is 0 Å². The summed E-state index contributed by atoms with van der Waals surface area (Å²) in [6.45, 7) is 5.46. The fourth-order valence-corrected chi connectivity index (χ4v) is 2.29. The van der Waals surface area contributed by atoms with E-state index in [1.807, 2.05) is 0 Å². The van der Waals surface area contributed by atoms with Crippen LogP contribution in [-0.4, -0.2) is 25.6 Å². The highest BCUT2D eigenvalue weighted by Gasteiger charge is 2.20. The summed E-state index contributed by atoms with van der Waals surface area (Å²) in [4.78, 5) is 11.2. The van der Waals surface area contributed by atoms with Gasteiger partial charge in [0.25, 0.3) is 0 Å². The van der Waals surface area contributed by atoms with E-state index in [9.17, 15) is 4.79 Å². The Morgan fingerprint density at radius 2 is 1.95 bits per heavy atom. The predicted octanol–water partition coefficient (Wildman–Crippen LogP) is 2.07. The summed E-state index contributed by atoms with van der Waals surface area (Å²) in [6, 6.07) is 5.05. The van der Waals surface area contributed by atoms with E-state index in [-0.39, 0.29) is 5.91 Å². The number of carbonyl (C=O) groups excluding carboxylic acids is 1. The minimum absolute atomic E-state index is 0.00515. The van der Waals surface area contributed by atoms with Gasteiger partial charge in [-0.3, -0.25) is 4.79 Å². The van der Waals surface area contributed by atoms with Crippen LogP contribution >= 0.6 is 0 Å². The van der Waals surface area contributed by atoms with Gasteiger partial charge in [0.2, 0.25) is 5.91 Å². The fourth-order valence-electron chi connectivity index (χ4n) is 2.29. The SMILES string of the molecule is CNC(=O)CCOc1c(C)cc(CNC2CC2)cc1C. The molecule has 0 saturated heterocycles. The van der Waals surface area contributed by atoms with Gasteiger partial charge >= 0.3 is 0 Å². The minimum atomic E-state index is 0.00515. The van der Waals surface area contributed by atoms with Crippen molar-refractivity contribution in [1.82, 2.24) is 10.6 Å². The Labute approximate surface area is 120 Å². The summed E-state index contributed by atoms with van der Waals surface area (Å²) < 4.78 is 5.75. The highest BCUT2D eigenvalue weighted by Crippen LogP contribution is 2.26. The Bertz CT molecular complexity index is 458. The van der Waals surface area contributed by atoms with Crippen LogP contribution in [0.2, 0.25) is 0 Å². The highest BCUT2D eigenvalue weighted by atomic mass is 16.5. The van der Waals surface area contributed by atoms with E-state index in [0.717, 1.165) is 29.5 Å². The number of rotatable bonds is 7.